The average molecular weight is 259 g/mol. The van der Waals surface area contributed by atoms with Crippen molar-refractivity contribution in [3.05, 3.63) is 23.0 Å². The fourth-order valence-electron chi connectivity index (χ4n) is 1.66. The SMILES string of the molecule is CCC(C)(CCO)NC(=O)c1cc(Cl)cn1C. The first kappa shape index (κ1) is 14.1. The number of nitrogens with one attached hydrogen (secondary N) is 1. The maximum absolute atomic E-state index is 12.1. The Labute approximate surface area is 107 Å². The van der Waals surface area contributed by atoms with Gasteiger partial charge in [-0.05, 0) is 25.8 Å². The maximum Gasteiger partial charge on any atom is 0.268 e. The maximum atomic E-state index is 12.1. The number of aromatic nitrogens is 1. The van der Waals surface area contributed by atoms with Crippen LogP contribution in [-0.2, 0) is 7.05 Å². The van der Waals surface area contributed by atoms with E-state index in [0.29, 0.717) is 17.1 Å². The highest BCUT2D eigenvalue weighted by molar-refractivity contribution is 6.31. The van der Waals surface area contributed by atoms with Gasteiger partial charge in [0, 0.05) is 25.4 Å². The van der Waals surface area contributed by atoms with E-state index in [1.165, 1.54) is 0 Å². The summed E-state index contributed by atoms with van der Waals surface area (Å²) in [6, 6.07) is 1.63. The van der Waals surface area contributed by atoms with Crippen LogP contribution in [0.2, 0.25) is 5.02 Å². The molecule has 0 aliphatic carbocycles. The molecule has 0 fully saturated rings. The van der Waals surface area contributed by atoms with Gasteiger partial charge in [-0.15, -0.1) is 0 Å². The summed E-state index contributed by atoms with van der Waals surface area (Å²) in [6.45, 7) is 3.96. The zero-order valence-corrected chi connectivity index (χ0v) is 11.2. The minimum atomic E-state index is -0.386. The van der Waals surface area contributed by atoms with Crippen molar-refractivity contribution in [3.8, 4) is 0 Å². The van der Waals surface area contributed by atoms with Gasteiger partial charge in [-0.1, -0.05) is 18.5 Å². The van der Waals surface area contributed by atoms with Gasteiger partial charge in [0.2, 0.25) is 0 Å². The molecule has 0 saturated heterocycles. The van der Waals surface area contributed by atoms with E-state index in [1.54, 1.807) is 23.9 Å². The summed E-state index contributed by atoms with van der Waals surface area (Å²) < 4.78 is 1.69. The summed E-state index contributed by atoms with van der Waals surface area (Å²) in [5.41, 5.74) is 0.135. The van der Waals surface area contributed by atoms with Crippen LogP contribution in [0.5, 0.6) is 0 Å². The molecule has 1 aromatic rings. The molecule has 17 heavy (non-hydrogen) atoms. The van der Waals surface area contributed by atoms with Crippen molar-refractivity contribution >= 4 is 17.5 Å². The molecule has 1 amide bonds. The Morgan fingerprint density at radius 2 is 2.29 bits per heavy atom. The number of amides is 1. The third-order valence-corrected chi connectivity index (χ3v) is 3.27. The predicted octanol–water partition coefficient (Wildman–Crippen LogP) is 1.96. The van der Waals surface area contributed by atoms with Crippen LogP contribution >= 0.6 is 11.6 Å². The third kappa shape index (κ3) is 3.48. The van der Waals surface area contributed by atoms with Crippen LogP contribution in [0.25, 0.3) is 0 Å². The molecular weight excluding hydrogens is 240 g/mol. The smallest absolute Gasteiger partial charge is 0.268 e. The van der Waals surface area contributed by atoms with E-state index in [1.807, 2.05) is 13.8 Å². The number of aryl methyl sites for hydroxylation is 1. The van der Waals surface area contributed by atoms with Crippen molar-refractivity contribution in [2.75, 3.05) is 6.61 Å². The van der Waals surface area contributed by atoms with Crippen molar-refractivity contribution in [2.45, 2.75) is 32.2 Å². The Hall–Kier alpha value is -1.00. The van der Waals surface area contributed by atoms with E-state index in [-0.39, 0.29) is 18.1 Å². The van der Waals surface area contributed by atoms with Crippen molar-refractivity contribution < 1.29 is 9.90 Å². The van der Waals surface area contributed by atoms with Crippen LogP contribution in [0.15, 0.2) is 12.3 Å². The highest BCUT2D eigenvalue weighted by Crippen LogP contribution is 2.17. The number of rotatable bonds is 5. The van der Waals surface area contributed by atoms with Gasteiger partial charge in [0.25, 0.3) is 5.91 Å². The first-order valence-electron chi connectivity index (χ1n) is 5.67. The van der Waals surface area contributed by atoms with Gasteiger partial charge in [0.15, 0.2) is 0 Å². The minimum Gasteiger partial charge on any atom is -0.396 e. The third-order valence-electron chi connectivity index (χ3n) is 3.06. The van der Waals surface area contributed by atoms with Gasteiger partial charge >= 0.3 is 0 Å². The highest BCUT2D eigenvalue weighted by atomic mass is 35.5. The molecule has 96 valence electrons. The molecule has 1 unspecified atom stereocenters. The number of aliphatic hydroxyl groups is 1. The normalized spacial score (nSPS) is 14.4. The summed E-state index contributed by atoms with van der Waals surface area (Å²) in [4.78, 5) is 12.1. The zero-order chi connectivity index (χ0) is 13.1. The van der Waals surface area contributed by atoms with Gasteiger partial charge in [0.1, 0.15) is 5.69 Å². The van der Waals surface area contributed by atoms with E-state index < -0.39 is 0 Å². The molecule has 0 aliphatic heterocycles. The molecule has 4 nitrogen and oxygen atoms in total. The topological polar surface area (TPSA) is 54.3 Å². The van der Waals surface area contributed by atoms with Crippen LogP contribution in [0.4, 0.5) is 0 Å². The molecule has 0 spiro atoms. The van der Waals surface area contributed by atoms with Crippen molar-refractivity contribution in [2.24, 2.45) is 7.05 Å². The Balaban J connectivity index is 2.81. The monoisotopic (exact) mass is 258 g/mol. The number of hydrogen-bond acceptors (Lipinski definition) is 2. The van der Waals surface area contributed by atoms with Crippen LogP contribution in [-0.4, -0.2) is 27.7 Å². The van der Waals surface area contributed by atoms with Crippen molar-refractivity contribution in [3.63, 3.8) is 0 Å². The van der Waals surface area contributed by atoms with E-state index in [4.69, 9.17) is 16.7 Å². The standard InChI is InChI=1S/C12H19ClN2O2/c1-4-12(2,5-6-16)14-11(17)10-7-9(13)8-15(10)3/h7-8,16H,4-6H2,1-3H3,(H,14,17). The fraction of sp³-hybridized carbons (Fsp3) is 0.583. The summed E-state index contributed by atoms with van der Waals surface area (Å²) in [6.07, 6.45) is 2.98. The molecule has 0 aromatic carbocycles. The van der Waals surface area contributed by atoms with E-state index in [2.05, 4.69) is 5.32 Å². The second-order valence-corrected chi connectivity index (χ2v) is 4.93. The molecule has 2 N–H and O–H groups in total. The Kier molecular flexibility index (Phi) is 4.60. The van der Waals surface area contributed by atoms with Crippen LogP contribution in [0.1, 0.15) is 37.2 Å². The highest BCUT2D eigenvalue weighted by Gasteiger charge is 2.25. The Morgan fingerprint density at radius 1 is 1.65 bits per heavy atom. The number of carbonyl (C=O) groups excluding carboxylic acids is 1. The second kappa shape index (κ2) is 5.56. The van der Waals surface area contributed by atoms with Crippen LogP contribution in [0.3, 0.4) is 0 Å². The molecular formula is C12H19ClN2O2. The molecule has 1 atom stereocenters. The summed E-state index contributed by atoms with van der Waals surface area (Å²) in [5.74, 6) is -0.169. The number of aliphatic hydroxyl groups excluding tert-OH is 1. The number of halogens is 1. The predicted molar refractivity (Wildman–Crippen MR) is 68.3 cm³/mol. The van der Waals surface area contributed by atoms with Crippen molar-refractivity contribution in [1.29, 1.82) is 0 Å². The van der Waals surface area contributed by atoms with Crippen LogP contribution < -0.4 is 5.32 Å². The second-order valence-electron chi connectivity index (χ2n) is 4.50. The van der Waals surface area contributed by atoms with Crippen LogP contribution in [0, 0.1) is 0 Å². The molecule has 1 aromatic heterocycles. The zero-order valence-electron chi connectivity index (χ0n) is 10.5. The lowest BCUT2D eigenvalue weighted by Gasteiger charge is -2.29. The first-order chi connectivity index (χ1) is 7.91. The molecule has 1 heterocycles. The molecule has 0 bridgehead atoms. The molecule has 0 aliphatic rings. The lowest BCUT2D eigenvalue weighted by Crippen LogP contribution is -2.46. The van der Waals surface area contributed by atoms with Gasteiger partial charge in [-0.3, -0.25) is 4.79 Å². The lowest BCUT2D eigenvalue weighted by atomic mass is 9.95. The number of hydrogen-bond donors (Lipinski definition) is 2. The number of carbonyl (C=O) groups is 1. The Morgan fingerprint density at radius 3 is 2.71 bits per heavy atom. The van der Waals surface area contributed by atoms with Gasteiger partial charge in [0.05, 0.1) is 5.02 Å². The fourth-order valence-corrected chi connectivity index (χ4v) is 1.91. The van der Waals surface area contributed by atoms with Gasteiger partial charge in [-0.2, -0.15) is 0 Å². The molecule has 0 radical (unpaired) electrons. The average Bonchev–Trinajstić information content (AvgIpc) is 2.58. The molecule has 1 rings (SSSR count). The first-order valence-corrected chi connectivity index (χ1v) is 6.05. The summed E-state index contributed by atoms with van der Waals surface area (Å²) in [7, 11) is 1.77. The largest absolute Gasteiger partial charge is 0.396 e. The minimum absolute atomic E-state index is 0.0541. The van der Waals surface area contributed by atoms with Gasteiger partial charge < -0.3 is 15.0 Å². The lowest BCUT2D eigenvalue weighted by molar-refractivity contribution is 0.0878. The summed E-state index contributed by atoms with van der Waals surface area (Å²) >= 11 is 5.84. The van der Waals surface area contributed by atoms with E-state index in [9.17, 15) is 4.79 Å². The van der Waals surface area contributed by atoms with Gasteiger partial charge in [-0.25, -0.2) is 0 Å². The van der Waals surface area contributed by atoms with E-state index in [0.717, 1.165) is 6.42 Å². The molecule has 0 saturated carbocycles. The Bertz CT molecular complexity index is 403. The van der Waals surface area contributed by atoms with Crippen molar-refractivity contribution in [1.82, 2.24) is 9.88 Å². The quantitative estimate of drug-likeness (QED) is 0.848. The molecule has 5 heteroatoms. The number of nitrogens with zero attached hydrogens (tertiary/aromatic N) is 1. The van der Waals surface area contributed by atoms with E-state index >= 15 is 0 Å². The summed E-state index contributed by atoms with van der Waals surface area (Å²) in [5, 5.41) is 12.5.